The number of nitriles is 1. The molecule has 0 fully saturated rings. The van der Waals surface area contributed by atoms with E-state index in [1.54, 1.807) is 6.07 Å². The Kier molecular flexibility index (Phi) is 1.82. The molecule has 3 heteroatoms. The summed E-state index contributed by atoms with van der Waals surface area (Å²) in [4.78, 5) is 15.4. The summed E-state index contributed by atoms with van der Waals surface area (Å²) in [5.74, 6) is 0.0679. The topological polar surface area (TPSA) is 53.8 Å². The fourth-order valence-corrected chi connectivity index (χ4v) is 1.55. The zero-order valence-electron chi connectivity index (χ0n) is 7.08. The molecule has 2 rings (SSSR count). The lowest BCUT2D eigenvalue weighted by Gasteiger charge is -2.12. The molecule has 3 nitrogen and oxygen atoms in total. The summed E-state index contributed by atoms with van der Waals surface area (Å²) < 4.78 is 0. The van der Waals surface area contributed by atoms with Gasteiger partial charge in [-0.05, 0) is 24.5 Å². The number of carbonyl (C=O) groups is 1. The molecule has 1 aliphatic rings. The van der Waals surface area contributed by atoms with Crippen LogP contribution in [0.25, 0.3) is 0 Å². The van der Waals surface area contributed by atoms with Gasteiger partial charge in [0, 0.05) is 6.42 Å². The van der Waals surface area contributed by atoms with Crippen molar-refractivity contribution in [1.82, 2.24) is 4.98 Å². The van der Waals surface area contributed by atoms with Crippen LogP contribution in [0.15, 0.2) is 12.1 Å². The van der Waals surface area contributed by atoms with Gasteiger partial charge < -0.3 is 0 Å². The smallest absolute Gasteiger partial charge is 0.181 e. The van der Waals surface area contributed by atoms with Gasteiger partial charge in [-0.2, -0.15) is 5.26 Å². The van der Waals surface area contributed by atoms with E-state index in [1.807, 2.05) is 12.1 Å². The van der Waals surface area contributed by atoms with Crippen LogP contribution in [0.2, 0.25) is 0 Å². The molecule has 64 valence electrons. The number of carbonyl (C=O) groups excluding carboxylic acids is 1. The Morgan fingerprint density at radius 2 is 2.23 bits per heavy atom. The fourth-order valence-electron chi connectivity index (χ4n) is 1.55. The van der Waals surface area contributed by atoms with Crippen molar-refractivity contribution in [3.05, 3.63) is 29.1 Å². The number of rotatable bonds is 0. The summed E-state index contributed by atoms with van der Waals surface area (Å²) >= 11 is 0. The van der Waals surface area contributed by atoms with Crippen molar-refractivity contribution in [2.45, 2.75) is 19.3 Å². The maximum absolute atomic E-state index is 11.4. The quantitative estimate of drug-likeness (QED) is 0.595. The number of pyridine rings is 1. The molecule has 0 spiro atoms. The van der Waals surface area contributed by atoms with Crippen LogP contribution in [-0.4, -0.2) is 10.8 Å². The van der Waals surface area contributed by atoms with Crippen molar-refractivity contribution >= 4 is 5.78 Å². The third kappa shape index (κ3) is 1.31. The van der Waals surface area contributed by atoms with Gasteiger partial charge in [-0.15, -0.1) is 0 Å². The molecule has 13 heavy (non-hydrogen) atoms. The van der Waals surface area contributed by atoms with Crippen molar-refractivity contribution in [2.75, 3.05) is 0 Å². The van der Waals surface area contributed by atoms with E-state index in [0.717, 1.165) is 18.4 Å². The number of aryl methyl sites for hydroxylation is 1. The van der Waals surface area contributed by atoms with Crippen LogP contribution >= 0.6 is 0 Å². The Hall–Kier alpha value is -1.69. The van der Waals surface area contributed by atoms with Crippen LogP contribution in [-0.2, 0) is 6.42 Å². The van der Waals surface area contributed by atoms with Crippen molar-refractivity contribution in [2.24, 2.45) is 0 Å². The van der Waals surface area contributed by atoms with Crippen molar-refractivity contribution in [1.29, 1.82) is 5.26 Å². The van der Waals surface area contributed by atoms with E-state index in [0.29, 0.717) is 17.8 Å². The Labute approximate surface area is 76.0 Å². The van der Waals surface area contributed by atoms with Crippen LogP contribution < -0.4 is 0 Å². The average molecular weight is 172 g/mol. The number of hydrogen-bond acceptors (Lipinski definition) is 3. The lowest BCUT2D eigenvalue weighted by molar-refractivity contribution is 0.0967. The molecule has 0 N–H and O–H groups in total. The van der Waals surface area contributed by atoms with E-state index >= 15 is 0 Å². The molecule has 1 aromatic rings. The van der Waals surface area contributed by atoms with E-state index < -0.39 is 0 Å². The van der Waals surface area contributed by atoms with Gasteiger partial charge in [-0.25, -0.2) is 4.98 Å². The normalized spacial score (nSPS) is 14.8. The van der Waals surface area contributed by atoms with Crippen LogP contribution in [0.4, 0.5) is 0 Å². The maximum atomic E-state index is 11.4. The summed E-state index contributed by atoms with van der Waals surface area (Å²) in [6.45, 7) is 0. The third-order valence-electron chi connectivity index (χ3n) is 2.21. The van der Waals surface area contributed by atoms with Crippen LogP contribution in [0, 0.1) is 11.3 Å². The highest BCUT2D eigenvalue weighted by Crippen LogP contribution is 2.19. The molecule has 1 aliphatic carbocycles. The molecule has 0 bridgehead atoms. The number of ketones is 1. The summed E-state index contributed by atoms with van der Waals surface area (Å²) in [6.07, 6.45) is 2.37. The Morgan fingerprint density at radius 1 is 1.38 bits per heavy atom. The van der Waals surface area contributed by atoms with Crippen molar-refractivity contribution in [3.63, 3.8) is 0 Å². The van der Waals surface area contributed by atoms with Gasteiger partial charge in [-0.1, -0.05) is 6.07 Å². The highest BCUT2D eigenvalue weighted by atomic mass is 16.1. The standard InChI is InChI=1S/C10H8N2O/c11-6-8-5-4-7-2-1-3-9(13)10(7)12-8/h4-5H,1-3H2. The summed E-state index contributed by atoms with van der Waals surface area (Å²) in [5.41, 5.74) is 1.81. The highest BCUT2D eigenvalue weighted by molar-refractivity contribution is 5.96. The first-order chi connectivity index (χ1) is 6.31. The van der Waals surface area contributed by atoms with E-state index in [4.69, 9.17) is 5.26 Å². The lowest BCUT2D eigenvalue weighted by Crippen LogP contribution is -2.13. The number of hydrogen-bond donors (Lipinski definition) is 0. The molecule has 0 unspecified atom stereocenters. The molecular formula is C10H8N2O. The molecule has 0 aliphatic heterocycles. The zero-order chi connectivity index (χ0) is 9.26. The third-order valence-corrected chi connectivity index (χ3v) is 2.21. The summed E-state index contributed by atoms with van der Waals surface area (Å²) in [7, 11) is 0. The van der Waals surface area contributed by atoms with E-state index in [1.165, 1.54) is 0 Å². The Balaban J connectivity index is 2.55. The van der Waals surface area contributed by atoms with Crippen LogP contribution in [0.1, 0.15) is 34.6 Å². The molecule has 0 amide bonds. The minimum atomic E-state index is 0.0679. The Bertz CT molecular complexity index is 404. The predicted molar refractivity (Wildman–Crippen MR) is 46.2 cm³/mol. The summed E-state index contributed by atoms with van der Waals surface area (Å²) in [5, 5.41) is 8.60. The molecule has 0 atom stereocenters. The van der Waals surface area contributed by atoms with Gasteiger partial charge in [0.2, 0.25) is 0 Å². The molecule has 0 saturated heterocycles. The van der Waals surface area contributed by atoms with Gasteiger partial charge in [0.1, 0.15) is 17.5 Å². The maximum Gasteiger partial charge on any atom is 0.181 e. The first-order valence-corrected chi connectivity index (χ1v) is 4.24. The van der Waals surface area contributed by atoms with Crippen LogP contribution in [0.3, 0.4) is 0 Å². The lowest BCUT2D eigenvalue weighted by atomic mass is 9.95. The van der Waals surface area contributed by atoms with Gasteiger partial charge in [0.05, 0.1) is 0 Å². The van der Waals surface area contributed by atoms with Gasteiger partial charge >= 0.3 is 0 Å². The second-order valence-corrected chi connectivity index (χ2v) is 3.09. The molecule has 1 aromatic heterocycles. The summed E-state index contributed by atoms with van der Waals surface area (Å²) in [6, 6.07) is 5.43. The van der Waals surface area contributed by atoms with Crippen molar-refractivity contribution in [3.8, 4) is 6.07 Å². The molecule has 1 heterocycles. The number of nitrogens with zero attached hydrogens (tertiary/aromatic N) is 2. The number of aromatic nitrogens is 1. The zero-order valence-corrected chi connectivity index (χ0v) is 7.08. The predicted octanol–water partition coefficient (Wildman–Crippen LogP) is 1.47. The van der Waals surface area contributed by atoms with Gasteiger partial charge in [0.25, 0.3) is 0 Å². The minimum Gasteiger partial charge on any atom is -0.292 e. The number of fused-ring (bicyclic) bond motifs is 1. The molecule has 0 radical (unpaired) electrons. The first-order valence-electron chi connectivity index (χ1n) is 4.24. The van der Waals surface area contributed by atoms with Gasteiger partial charge in [0.15, 0.2) is 5.78 Å². The molecule has 0 aromatic carbocycles. The Morgan fingerprint density at radius 3 is 3.00 bits per heavy atom. The number of Topliss-reactive ketones (excluding diaryl/α,β-unsaturated/α-hetero) is 1. The average Bonchev–Trinajstić information content (AvgIpc) is 2.18. The van der Waals surface area contributed by atoms with E-state index in [2.05, 4.69) is 4.98 Å². The van der Waals surface area contributed by atoms with Crippen molar-refractivity contribution < 1.29 is 4.79 Å². The molecule has 0 saturated carbocycles. The van der Waals surface area contributed by atoms with E-state index in [-0.39, 0.29) is 5.78 Å². The molecular weight excluding hydrogens is 164 g/mol. The SMILES string of the molecule is N#Cc1ccc2c(n1)C(=O)CCC2. The first kappa shape index (κ1) is 7.93. The van der Waals surface area contributed by atoms with Crippen LogP contribution in [0.5, 0.6) is 0 Å². The van der Waals surface area contributed by atoms with Gasteiger partial charge in [-0.3, -0.25) is 4.79 Å². The fraction of sp³-hybridized carbons (Fsp3) is 0.300. The highest BCUT2D eigenvalue weighted by Gasteiger charge is 2.18. The van der Waals surface area contributed by atoms with E-state index in [9.17, 15) is 4.79 Å². The monoisotopic (exact) mass is 172 g/mol. The second kappa shape index (κ2) is 2.98. The largest absolute Gasteiger partial charge is 0.292 e. The second-order valence-electron chi connectivity index (χ2n) is 3.09. The minimum absolute atomic E-state index is 0.0679.